The average molecular weight is 225 g/mol. The summed E-state index contributed by atoms with van der Waals surface area (Å²) in [4.78, 5) is 24.5. The van der Waals surface area contributed by atoms with E-state index < -0.39 is 0 Å². The number of nitrogens with one attached hydrogen (secondary N) is 1. The molecule has 1 aliphatic carbocycles. The number of carbonyl (C=O) groups is 2. The monoisotopic (exact) mass is 225 g/mol. The summed E-state index contributed by atoms with van der Waals surface area (Å²) in [5.41, 5.74) is 5.26. The first-order valence-corrected chi connectivity index (χ1v) is 5.98. The normalized spacial score (nSPS) is 24.8. The first-order valence-electron chi connectivity index (χ1n) is 5.98. The number of hydrogen-bond acceptors (Lipinski definition) is 3. The molecule has 1 saturated carbocycles. The number of nitrogens with two attached hydrogens (primary N) is 1. The van der Waals surface area contributed by atoms with Crippen molar-refractivity contribution in [3.05, 3.63) is 0 Å². The van der Waals surface area contributed by atoms with Crippen LogP contribution in [0.25, 0.3) is 0 Å². The second-order valence-electron chi connectivity index (χ2n) is 4.72. The third-order valence-electron chi connectivity index (χ3n) is 3.31. The molecule has 3 N–H and O–H groups in total. The van der Waals surface area contributed by atoms with Gasteiger partial charge in [0.25, 0.3) is 0 Å². The number of carbonyl (C=O) groups excluding carboxylic acids is 2. The predicted molar refractivity (Wildman–Crippen MR) is 59.5 cm³/mol. The van der Waals surface area contributed by atoms with E-state index in [1.165, 1.54) is 12.8 Å². The number of rotatable bonds is 5. The van der Waals surface area contributed by atoms with Crippen LogP contribution in [0.4, 0.5) is 0 Å². The number of hydrogen-bond donors (Lipinski definition) is 2. The van der Waals surface area contributed by atoms with Crippen molar-refractivity contribution in [2.45, 2.75) is 31.7 Å². The lowest BCUT2D eigenvalue weighted by Gasteiger charge is -2.22. The first-order chi connectivity index (χ1) is 7.68. The Morgan fingerprint density at radius 2 is 2.06 bits per heavy atom. The summed E-state index contributed by atoms with van der Waals surface area (Å²) in [5.74, 6) is 0.383. The molecule has 1 atom stereocenters. The van der Waals surface area contributed by atoms with Gasteiger partial charge in [0.05, 0.1) is 6.54 Å². The summed E-state index contributed by atoms with van der Waals surface area (Å²) < 4.78 is 0. The van der Waals surface area contributed by atoms with E-state index >= 15 is 0 Å². The molecule has 0 radical (unpaired) electrons. The van der Waals surface area contributed by atoms with Gasteiger partial charge >= 0.3 is 0 Å². The van der Waals surface area contributed by atoms with Gasteiger partial charge in [0, 0.05) is 6.54 Å². The van der Waals surface area contributed by atoms with E-state index in [2.05, 4.69) is 5.32 Å². The lowest BCUT2D eigenvalue weighted by molar-refractivity contribution is -0.136. The van der Waals surface area contributed by atoms with Crippen molar-refractivity contribution in [1.82, 2.24) is 10.2 Å². The molecule has 1 heterocycles. The molecule has 2 fully saturated rings. The van der Waals surface area contributed by atoms with E-state index in [0.717, 1.165) is 18.9 Å². The van der Waals surface area contributed by atoms with Gasteiger partial charge in [-0.25, -0.2) is 0 Å². The molecule has 2 rings (SSSR count). The summed E-state index contributed by atoms with van der Waals surface area (Å²) in [5, 5.41) is 3.14. The second-order valence-corrected chi connectivity index (χ2v) is 4.72. The maximum absolute atomic E-state index is 11.8. The molecule has 5 heteroatoms. The number of nitrogens with zero attached hydrogens (tertiary/aromatic N) is 1. The zero-order valence-corrected chi connectivity index (χ0v) is 9.45. The van der Waals surface area contributed by atoms with Crippen LogP contribution in [0.1, 0.15) is 25.7 Å². The molecule has 0 spiro atoms. The molecule has 0 bridgehead atoms. The van der Waals surface area contributed by atoms with Gasteiger partial charge in [0.2, 0.25) is 11.8 Å². The van der Waals surface area contributed by atoms with Crippen molar-refractivity contribution in [3.8, 4) is 0 Å². The van der Waals surface area contributed by atoms with Crippen LogP contribution in [0.3, 0.4) is 0 Å². The van der Waals surface area contributed by atoms with Gasteiger partial charge < -0.3 is 16.0 Å². The van der Waals surface area contributed by atoms with Crippen LogP contribution in [0.5, 0.6) is 0 Å². The van der Waals surface area contributed by atoms with Gasteiger partial charge in [-0.05, 0) is 38.1 Å². The molecule has 1 aliphatic heterocycles. The van der Waals surface area contributed by atoms with E-state index in [9.17, 15) is 9.59 Å². The van der Waals surface area contributed by atoms with Gasteiger partial charge in [0.15, 0.2) is 0 Å². The first kappa shape index (κ1) is 11.4. The summed E-state index contributed by atoms with van der Waals surface area (Å²) in [7, 11) is 0. The van der Waals surface area contributed by atoms with Crippen molar-refractivity contribution >= 4 is 11.8 Å². The van der Waals surface area contributed by atoms with Gasteiger partial charge in [-0.2, -0.15) is 0 Å². The quantitative estimate of drug-likeness (QED) is 0.660. The number of amides is 2. The minimum absolute atomic E-state index is 0.00181. The molecule has 5 nitrogen and oxygen atoms in total. The molecular weight excluding hydrogens is 206 g/mol. The Morgan fingerprint density at radius 3 is 2.69 bits per heavy atom. The molecule has 2 aliphatic rings. The molecular formula is C11H19N3O2. The van der Waals surface area contributed by atoms with E-state index in [4.69, 9.17) is 5.73 Å². The Labute approximate surface area is 95.3 Å². The highest BCUT2D eigenvalue weighted by molar-refractivity contribution is 5.88. The molecule has 0 aromatic rings. The SMILES string of the molecule is NC(=O)[C@@H]1CCCN1C(=O)CNCC1CC1. The predicted octanol–water partition coefficient (Wildman–Crippen LogP) is -0.538. The van der Waals surface area contributed by atoms with Crippen molar-refractivity contribution in [3.63, 3.8) is 0 Å². The second kappa shape index (κ2) is 4.82. The lowest BCUT2D eigenvalue weighted by atomic mass is 10.2. The van der Waals surface area contributed by atoms with E-state index in [1.807, 2.05) is 0 Å². The highest BCUT2D eigenvalue weighted by atomic mass is 16.2. The fourth-order valence-electron chi connectivity index (χ4n) is 2.17. The topological polar surface area (TPSA) is 75.4 Å². The van der Waals surface area contributed by atoms with Crippen molar-refractivity contribution in [2.75, 3.05) is 19.6 Å². The summed E-state index contributed by atoms with van der Waals surface area (Å²) >= 11 is 0. The number of likely N-dealkylation sites (tertiary alicyclic amines) is 1. The lowest BCUT2D eigenvalue weighted by Crippen LogP contribution is -2.47. The Hall–Kier alpha value is -1.10. The Balaban J connectivity index is 1.75. The Morgan fingerprint density at radius 1 is 1.31 bits per heavy atom. The van der Waals surface area contributed by atoms with Crippen LogP contribution < -0.4 is 11.1 Å². The highest BCUT2D eigenvalue weighted by Gasteiger charge is 2.32. The molecule has 1 saturated heterocycles. The van der Waals surface area contributed by atoms with Crippen LogP contribution in [0.15, 0.2) is 0 Å². The zero-order valence-electron chi connectivity index (χ0n) is 9.45. The number of primary amides is 1. The Bertz CT molecular complexity index is 289. The van der Waals surface area contributed by atoms with Crippen molar-refractivity contribution in [1.29, 1.82) is 0 Å². The van der Waals surface area contributed by atoms with Crippen LogP contribution >= 0.6 is 0 Å². The Kier molecular flexibility index (Phi) is 3.43. The molecule has 90 valence electrons. The van der Waals surface area contributed by atoms with Gasteiger partial charge in [0.1, 0.15) is 6.04 Å². The van der Waals surface area contributed by atoms with Crippen LogP contribution in [-0.2, 0) is 9.59 Å². The summed E-state index contributed by atoms with van der Waals surface area (Å²) in [6.07, 6.45) is 4.13. The summed E-state index contributed by atoms with van der Waals surface area (Å²) in [6, 6.07) is -0.379. The molecule has 2 amide bonds. The smallest absolute Gasteiger partial charge is 0.240 e. The van der Waals surface area contributed by atoms with Gasteiger partial charge in [-0.15, -0.1) is 0 Å². The molecule has 16 heavy (non-hydrogen) atoms. The van der Waals surface area contributed by atoms with Crippen molar-refractivity contribution in [2.24, 2.45) is 11.7 Å². The molecule has 0 aromatic carbocycles. The van der Waals surface area contributed by atoms with Crippen molar-refractivity contribution < 1.29 is 9.59 Å². The minimum Gasteiger partial charge on any atom is -0.368 e. The van der Waals surface area contributed by atoms with E-state index in [1.54, 1.807) is 4.90 Å². The van der Waals surface area contributed by atoms with Crippen LogP contribution in [0.2, 0.25) is 0 Å². The molecule has 0 aromatic heterocycles. The molecule has 0 unspecified atom stereocenters. The maximum atomic E-state index is 11.8. The van der Waals surface area contributed by atoms with Gasteiger partial charge in [-0.3, -0.25) is 9.59 Å². The third-order valence-corrected chi connectivity index (χ3v) is 3.31. The fourth-order valence-corrected chi connectivity index (χ4v) is 2.17. The van der Waals surface area contributed by atoms with E-state index in [0.29, 0.717) is 19.5 Å². The minimum atomic E-state index is -0.381. The van der Waals surface area contributed by atoms with E-state index in [-0.39, 0.29) is 17.9 Å². The largest absolute Gasteiger partial charge is 0.368 e. The summed E-state index contributed by atoms with van der Waals surface area (Å²) in [6.45, 7) is 1.92. The average Bonchev–Trinajstić information content (AvgIpc) is 2.93. The van der Waals surface area contributed by atoms with Crippen LogP contribution in [0, 0.1) is 5.92 Å². The van der Waals surface area contributed by atoms with Gasteiger partial charge in [-0.1, -0.05) is 0 Å². The highest BCUT2D eigenvalue weighted by Crippen LogP contribution is 2.27. The zero-order chi connectivity index (χ0) is 11.5. The third kappa shape index (κ3) is 2.72. The fraction of sp³-hybridized carbons (Fsp3) is 0.818. The standard InChI is InChI=1S/C11H19N3O2/c12-11(16)9-2-1-5-14(9)10(15)7-13-6-8-3-4-8/h8-9,13H,1-7H2,(H2,12,16)/t9-/m0/s1. The van der Waals surface area contributed by atoms with Crippen LogP contribution in [-0.4, -0.2) is 42.4 Å². The maximum Gasteiger partial charge on any atom is 0.240 e.